The van der Waals surface area contributed by atoms with Crippen LogP contribution in [0, 0.1) is 0 Å². The lowest BCUT2D eigenvalue weighted by Gasteiger charge is -2.22. The standard InChI is InChI=1S/C7H15NO3/c1-5(11-3)4-7(2,8)6(9)10/h5H,4,8H2,1-3H3,(H,9,10). The molecule has 0 aliphatic carbocycles. The normalized spacial score (nSPS) is 18.9. The molecule has 0 spiro atoms. The maximum Gasteiger partial charge on any atom is 0.323 e. The fourth-order valence-electron chi connectivity index (χ4n) is 0.768. The van der Waals surface area contributed by atoms with Gasteiger partial charge in [0.25, 0.3) is 0 Å². The third kappa shape index (κ3) is 3.34. The second kappa shape index (κ2) is 3.69. The highest BCUT2D eigenvalue weighted by atomic mass is 16.5. The number of methoxy groups -OCH3 is 1. The summed E-state index contributed by atoms with van der Waals surface area (Å²) in [5.74, 6) is -0.999. The number of nitrogens with two attached hydrogens (primary N) is 1. The molecule has 0 aromatic heterocycles. The lowest BCUT2D eigenvalue weighted by atomic mass is 9.96. The quantitative estimate of drug-likeness (QED) is 0.618. The predicted octanol–water partition coefficient (Wildman–Crippen LogP) is 0.213. The van der Waals surface area contributed by atoms with Crippen LogP contribution in [0.15, 0.2) is 0 Å². The van der Waals surface area contributed by atoms with Gasteiger partial charge >= 0.3 is 5.97 Å². The average Bonchev–Trinajstić information content (AvgIpc) is 1.86. The summed E-state index contributed by atoms with van der Waals surface area (Å²) in [5, 5.41) is 8.61. The average molecular weight is 161 g/mol. The first-order valence-corrected chi connectivity index (χ1v) is 3.45. The Morgan fingerprint density at radius 1 is 1.82 bits per heavy atom. The van der Waals surface area contributed by atoms with Crippen molar-refractivity contribution >= 4 is 5.97 Å². The molecule has 66 valence electrons. The number of aliphatic carboxylic acids is 1. The Balaban J connectivity index is 4.01. The molecule has 2 atom stereocenters. The molecular formula is C7H15NO3. The highest BCUT2D eigenvalue weighted by molar-refractivity contribution is 5.77. The summed E-state index contributed by atoms with van der Waals surface area (Å²) >= 11 is 0. The molecule has 3 N–H and O–H groups in total. The third-order valence-corrected chi connectivity index (χ3v) is 1.60. The fraction of sp³-hybridized carbons (Fsp3) is 0.857. The van der Waals surface area contributed by atoms with E-state index in [1.807, 2.05) is 0 Å². The second-order valence-electron chi connectivity index (χ2n) is 2.97. The van der Waals surface area contributed by atoms with Crippen molar-refractivity contribution in [2.45, 2.75) is 31.9 Å². The van der Waals surface area contributed by atoms with Crippen molar-refractivity contribution in [3.63, 3.8) is 0 Å². The summed E-state index contributed by atoms with van der Waals surface area (Å²) in [6.07, 6.45) is 0.194. The van der Waals surface area contributed by atoms with Crippen molar-refractivity contribution in [3.8, 4) is 0 Å². The molecule has 0 bridgehead atoms. The Labute approximate surface area is 66.3 Å². The van der Waals surface area contributed by atoms with Gasteiger partial charge in [-0.25, -0.2) is 0 Å². The molecule has 0 fully saturated rings. The van der Waals surface area contributed by atoms with Crippen LogP contribution < -0.4 is 5.73 Å². The van der Waals surface area contributed by atoms with Gasteiger partial charge in [-0.05, 0) is 13.8 Å². The molecular weight excluding hydrogens is 146 g/mol. The Morgan fingerprint density at radius 3 is 2.55 bits per heavy atom. The van der Waals surface area contributed by atoms with Crippen LogP contribution in [0.25, 0.3) is 0 Å². The lowest BCUT2D eigenvalue weighted by molar-refractivity contribution is -0.143. The van der Waals surface area contributed by atoms with E-state index in [0.29, 0.717) is 6.42 Å². The van der Waals surface area contributed by atoms with Gasteiger partial charge in [0.1, 0.15) is 5.54 Å². The minimum absolute atomic E-state index is 0.124. The van der Waals surface area contributed by atoms with E-state index in [-0.39, 0.29) is 6.10 Å². The smallest absolute Gasteiger partial charge is 0.323 e. The van der Waals surface area contributed by atoms with E-state index in [2.05, 4.69) is 0 Å². The van der Waals surface area contributed by atoms with Gasteiger partial charge in [0.15, 0.2) is 0 Å². The van der Waals surface area contributed by atoms with Crippen LogP contribution in [-0.4, -0.2) is 29.8 Å². The third-order valence-electron chi connectivity index (χ3n) is 1.60. The molecule has 0 heterocycles. The summed E-state index contributed by atoms with van der Waals surface area (Å²) in [6, 6.07) is 0. The van der Waals surface area contributed by atoms with Crippen LogP contribution in [0.3, 0.4) is 0 Å². The number of carbonyl (C=O) groups is 1. The molecule has 0 aliphatic rings. The zero-order valence-corrected chi connectivity index (χ0v) is 7.13. The Kier molecular flexibility index (Phi) is 3.48. The van der Waals surface area contributed by atoms with E-state index in [9.17, 15) is 4.79 Å². The Hall–Kier alpha value is -0.610. The van der Waals surface area contributed by atoms with E-state index < -0.39 is 11.5 Å². The number of ether oxygens (including phenoxy) is 1. The molecule has 0 radical (unpaired) electrons. The van der Waals surface area contributed by atoms with Gasteiger partial charge in [0.05, 0.1) is 6.10 Å². The lowest BCUT2D eigenvalue weighted by Crippen LogP contribution is -2.47. The number of rotatable bonds is 4. The van der Waals surface area contributed by atoms with Crippen molar-refractivity contribution < 1.29 is 14.6 Å². The summed E-state index contributed by atoms with van der Waals surface area (Å²) in [4.78, 5) is 10.5. The first kappa shape index (κ1) is 10.4. The van der Waals surface area contributed by atoms with Gasteiger partial charge in [0, 0.05) is 13.5 Å². The van der Waals surface area contributed by atoms with E-state index in [4.69, 9.17) is 15.6 Å². The first-order valence-electron chi connectivity index (χ1n) is 3.45. The maximum atomic E-state index is 10.5. The monoisotopic (exact) mass is 161 g/mol. The number of carboxylic acid groups (broad SMARTS) is 1. The highest BCUT2D eigenvalue weighted by Crippen LogP contribution is 2.10. The second-order valence-corrected chi connectivity index (χ2v) is 2.97. The van der Waals surface area contributed by atoms with E-state index in [1.165, 1.54) is 14.0 Å². The van der Waals surface area contributed by atoms with Gasteiger partial charge in [-0.1, -0.05) is 0 Å². The zero-order chi connectivity index (χ0) is 9.07. The molecule has 11 heavy (non-hydrogen) atoms. The Bertz CT molecular complexity index is 145. The SMILES string of the molecule is COC(C)CC(C)(N)C(=O)O. The summed E-state index contributed by atoms with van der Waals surface area (Å²) in [6.45, 7) is 3.26. The minimum Gasteiger partial charge on any atom is -0.480 e. The highest BCUT2D eigenvalue weighted by Gasteiger charge is 2.29. The van der Waals surface area contributed by atoms with E-state index >= 15 is 0 Å². The number of hydrogen-bond donors (Lipinski definition) is 2. The zero-order valence-electron chi connectivity index (χ0n) is 7.13. The molecule has 4 heteroatoms. The van der Waals surface area contributed by atoms with E-state index in [0.717, 1.165) is 0 Å². The fourth-order valence-corrected chi connectivity index (χ4v) is 0.768. The molecule has 0 aliphatic heterocycles. The predicted molar refractivity (Wildman–Crippen MR) is 41.3 cm³/mol. The van der Waals surface area contributed by atoms with Crippen molar-refractivity contribution in [1.29, 1.82) is 0 Å². The molecule has 2 unspecified atom stereocenters. The Morgan fingerprint density at radius 2 is 2.27 bits per heavy atom. The summed E-state index contributed by atoms with van der Waals surface area (Å²) < 4.78 is 4.89. The van der Waals surface area contributed by atoms with Crippen LogP contribution in [0.5, 0.6) is 0 Å². The topological polar surface area (TPSA) is 72.5 Å². The maximum absolute atomic E-state index is 10.5. The minimum atomic E-state index is -1.19. The van der Waals surface area contributed by atoms with Crippen LogP contribution >= 0.6 is 0 Å². The van der Waals surface area contributed by atoms with Gasteiger partial charge in [-0.3, -0.25) is 4.79 Å². The number of hydrogen-bond acceptors (Lipinski definition) is 3. The van der Waals surface area contributed by atoms with Crippen molar-refractivity contribution in [1.82, 2.24) is 0 Å². The van der Waals surface area contributed by atoms with Gasteiger partial charge in [-0.15, -0.1) is 0 Å². The molecule has 0 rings (SSSR count). The van der Waals surface area contributed by atoms with Gasteiger partial charge < -0.3 is 15.6 Å². The molecule has 4 nitrogen and oxygen atoms in total. The molecule has 0 aromatic rings. The van der Waals surface area contributed by atoms with Crippen molar-refractivity contribution in [3.05, 3.63) is 0 Å². The largest absolute Gasteiger partial charge is 0.480 e. The first-order chi connectivity index (χ1) is 4.90. The molecule has 0 saturated carbocycles. The van der Waals surface area contributed by atoms with Crippen molar-refractivity contribution in [2.24, 2.45) is 5.73 Å². The van der Waals surface area contributed by atoms with Crippen molar-refractivity contribution in [2.75, 3.05) is 7.11 Å². The van der Waals surface area contributed by atoms with E-state index in [1.54, 1.807) is 6.92 Å². The molecule has 0 amide bonds. The molecule has 0 saturated heterocycles. The molecule has 0 aromatic carbocycles. The number of carboxylic acids is 1. The van der Waals surface area contributed by atoms with Gasteiger partial charge in [-0.2, -0.15) is 0 Å². The van der Waals surface area contributed by atoms with Crippen LogP contribution in [0.1, 0.15) is 20.3 Å². The van der Waals surface area contributed by atoms with Crippen LogP contribution in [0.2, 0.25) is 0 Å². The summed E-state index contributed by atoms with van der Waals surface area (Å²) in [7, 11) is 1.53. The summed E-state index contributed by atoms with van der Waals surface area (Å²) in [5.41, 5.74) is 4.27. The van der Waals surface area contributed by atoms with Crippen LogP contribution in [-0.2, 0) is 9.53 Å². The van der Waals surface area contributed by atoms with Crippen LogP contribution in [0.4, 0.5) is 0 Å². The van der Waals surface area contributed by atoms with Gasteiger partial charge in [0.2, 0.25) is 0 Å².